The predicted octanol–water partition coefficient (Wildman–Crippen LogP) is 2.93. The Hall–Kier alpha value is -0.570. The Balaban J connectivity index is 3.07. The van der Waals surface area contributed by atoms with E-state index in [1.807, 2.05) is 0 Å². The minimum Gasteiger partial charge on any atom is -0.481 e. The third-order valence-corrected chi connectivity index (χ3v) is 2.63. The minimum absolute atomic E-state index is 0.315. The van der Waals surface area contributed by atoms with Crippen LogP contribution >= 0.6 is 0 Å². The van der Waals surface area contributed by atoms with Gasteiger partial charge in [-0.15, -0.1) is 0 Å². The summed E-state index contributed by atoms with van der Waals surface area (Å²) in [7, 11) is 0. The summed E-state index contributed by atoms with van der Waals surface area (Å²) in [4.78, 5) is 10.2. The number of rotatable bonds is 10. The molecule has 1 atom stereocenters. The van der Waals surface area contributed by atoms with Crippen molar-refractivity contribution in [2.75, 3.05) is 0 Å². The first kappa shape index (κ1) is 14.4. The van der Waals surface area contributed by atoms with Crippen LogP contribution in [0.5, 0.6) is 0 Å². The van der Waals surface area contributed by atoms with Crippen LogP contribution in [0, 0.1) is 0 Å². The van der Waals surface area contributed by atoms with Gasteiger partial charge in [-0.25, -0.2) is 0 Å². The van der Waals surface area contributed by atoms with Gasteiger partial charge in [0.1, 0.15) is 0 Å². The number of hydrogen-bond acceptors (Lipinski definition) is 2. The van der Waals surface area contributed by atoms with E-state index >= 15 is 0 Å². The average molecular weight is 215 g/mol. The van der Waals surface area contributed by atoms with Gasteiger partial charge in [-0.2, -0.15) is 0 Å². The Morgan fingerprint density at radius 3 is 2.33 bits per heavy atom. The van der Waals surface area contributed by atoms with Gasteiger partial charge in [0.2, 0.25) is 0 Å². The number of carbonyl (C=O) groups is 1. The Morgan fingerprint density at radius 2 is 1.73 bits per heavy atom. The average Bonchev–Trinajstić information content (AvgIpc) is 2.16. The summed E-state index contributed by atoms with van der Waals surface area (Å²) in [5.74, 6) is -0.681. The molecule has 3 heteroatoms. The van der Waals surface area contributed by atoms with Crippen molar-refractivity contribution in [1.29, 1.82) is 0 Å². The van der Waals surface area contributed by atoms with Crippen LogP contribution in [-0.4, -0.2) is 17.1 Å². The molecule has 0 aliphatic heterocycles. The zero-order valence-corrected chi connectivity index (χ0v) is 9.87. The van der Waals surface area contributed by atoms with Gasteiger partial charge in [0, 0.05) is 12.5 Å². The lowest BCUT2D eigenvalue weighted by molar-refractivity contribution is -0.137. The lowest BCUT2D eigenvalue weighted by Gasteiger charge is -2.09. The molecular formula is C12H25NO2. The second-order valence-electron chi connectivity index (χ2n) is 4.25. The van der Waals surface area contributed by atoms with Crippen molar-refractivity contribution in [3.63, 3.8) is 0 Å². The van der Waals surface area contributed by atoms with E-state index in [1.54, 1.807) is 0 Å². The van der Waals surface area contributed by atoms with Gasteiger partial charge in [0.05, 0.1) is 0 Å². The van der Waals surface area contributed by atoms with E-state index in [0.29, 0.717) is 12.5 Å². The fourth-order valence-corrected chi connectivity index (χ4v) is 1.73. The summed E-state index contributed by atoms with van der Waals surface area (Å²) in [6.07, 6.45) is 9.10. The molecule has 0 aliphatic carbocycles. The van der Waals surface area contributed by atoms with Gasteiger partial charge < -0.3 is 10.8 Å². The maximum atomic E-state index is 10.2. The maximum Gasteiger partial charge on any atom is 0.303 e. The highest BCUT2D eigenvalue weighted by Crippen LogP contribution is 2.09. The number of hydrogen-bond donors (Lipinski definition) is 2. The molecule has 3 N–H and O–H groups in total. The van der Waals surface area contributed by atoms with Crippen LogP contribution in [0.1, 0.15) is 64.7 Å². The van der Waals surface area contributed by atoms with E-state index < -0.39 is 5.97 Å². The molecule has 0 spiro atoms. The SMILES string of the molecule is CCCC(N)CCCCCCCC(=O)O. The second kappa shape index (κ2) is 9.97. The standard InChI is InChI=1S/C12H25NO2/c1-2-8-11(13)9-6-4-3-5-7-10-12(14)15/h11H,2-10,13H2,1H3,(H,14,15). The van der Waals surface area contributed by atoms with Crippen molar-refractivity contribution in [3.8, 4) is 0 Å². The molecule has 0 bridgehead atoms. The number of carboxylic acid groups (broad SMARTS) is 1. The van der Waals surface area contributed by atoms with Gasteiger partial charge in [-0.1, -0.05) is 39.0 Å². The van der Waals surface area contributed by atoms with Crippen LogP contribution in [0.25, 0.3) is 0 Å². The third kappa shape index (κ3) is 11.4. The molecular weight excluding hydrogens is 190 g/mol. The van der Waals surface area contributed by atoms with Gasteiger partial charge in [0.15, 0.2) is 0 Å². The quantitative estimate of drug-likeness (QED) is 0.551. The minimum atomic E-state index is -0.681. The van der Waals surface area contributed by atoms with Crippen LogP contribution in [0.4, 0.5) is 0 Å². The molecule has 0 amide bonds. The molecule has 0 heterocycles. The van der Waals surface area contributed by atoms with Crippen LogP contribution < -0.4 is 5.73 Å². The van der Waals surface area contributed by atoms with E-state index in [4.69, 9.17) is 10.8 Å². The summed E-state index contributed by atoms with van der Waals surface area (Å²) in [6, 6.07) is 0.369. The number of nitrogens with two attached hydrogens (primary N) is 1. The number of carboxylic acids is 1. The molecule has 0 saturated carbocycles. The molecule has 90 valence electrons. The van der Waals surface area contributed by atoms with Gasteiger partial charge in [0.25, 0.3) is 0 Å². The molecule has 0 aliphatic rings. The third-order valence-electron chi connectivity index (χ3n) is 2.63. The summed E-state index contributed by atoms with van der Waals surface area (Å²) < 4.78 is 0. The zero-order chi connectivity index (χ0) is 11.5. The van der Waals surface area contributed by atoms with E-state index in [-0.39, 0.29) is 0 Å². The van der Waals surface area contributed by atoms with Crippen molar-refractivity contribution < 1.29 is 9.90 Å². The molecule has 0 aromatic heterocycles. The largest absolute Gasteiger partial charge is 0.481 e. The van der Waals surface area contributed by atoms with E-state index in [9.17, 15) is 4.79 Å². The number of aliphatic carboxylic acids is 1. The van der Waals surface area contributed by atoms with Crippen LogP contribution in [0.2, 0.25) is 0 Å². The Kier molecular flexibility index (Phi) is 9.59. The molecule has 3 nitrogen and oxygen atoms in total. The summed E-state index contributed by atoms with van der Waals surface area (Å²) in [5.41, 5.74) is 5.89. The Bertz CT molecular complexity index is 160. The van der Waals surface area contributed by atoms with E-state index in [0.717, 1.165) is 32.1 Å². The van der Waals surface area contributed by atoms with Crippen LogP contribution in [0.15, 0.2) is 0 Å². The Morgan fingerprint density at radius 1 is 1.13 bits per heavy atom. The highest BCUT2D eigenvalue weighted by Gasteiger charge is 2.00. The van der Waals surface area contributed by atoms with Crippen LogP contribution in [0.3, 0.4) is 0 Å². The first-order valence-corrected chi connectivity index (χ1v) is 6.14. The van der Waals surface area contributed by atoms with Crippen molar-refractivity contribution in [3.05, 3.63) is 0 Å². The normalized spacial score (nSPS) is 12.7. The highest BCUT2D eigenvalue weighted by molar-refractivity contribution is 5.66. The summed E-state index contributed by atoms with van der Waals surface area (Å²) in [6.45, 7) is 2.16. The monoisotopic (exact) mass is 215 g/mol. The smallest absolute Gasteiger partial charge is 0.303 e. The maximum absolute atomic E-state index is 10.2. The topological polar surface area (TPSA) is 63.3 Å². The molecule has 0 saturated heterocycles. The zero-order valence-electron chi connectivity index (χ0n) is 9.87. The summed E-state index contributed by atoms with van der Waals surface area (Å²) in [5, 5.41) is 8.43. The fraction of sp³-hybridized carbons (Fsp3) is 0.917. The molecule has 15 heavy (non-hydrogen) atoms. The molecule has 1 unspecified atom stereocenters. The number of unbranched alkanes of at least 4 members (excludes halogenated alkanes) is 4. The lowest BCUT2D eigenvalue weighted by Crippen LogP contribution is -2.18. The van der Waals surface area contributed by atoms with E-state index in [2.05, 4.69) is 6.92 Å². The molecule has 0 fully saturated rings. The predicted molar refractivity (Wildman–Crippen MR) is 62.8 cm³/mol. The molecule has 0 aromatic carbocycles. The fourth-order valence-electron chi connectivity index (χ4n) is 1.73. The van der Waals surface area contributed by atoms with Gasteiger partial charge >= 0.3 is 5.97 Å². The first-order chi connectivity index (χ1) is 7.16. The van der Waals surface area contributed by atoms with Crippen molar-refractivity contribution >= 4 is 5.97 Å². The van der Waals surface area contributed by atoms with Gasteiger partial charge in [-0.05, 0) is 19.3 Å². The van der Waals surface area contributed by atoms with E-state index in [1.165, 1.54) is 19.3 Å². The first-order valence-electron chi connectivity index (χ1n) is 6.14. The summed E-state index contributed by atoms with van der Waals surface area (Å²) >= 11 is 0. The molecule has 0 radical (unpaired) electrons. The van der Waals surface area contributed by atoms with Crippen molar-refractivity contribution in [2.45, 2.75) is 70.8 Å². The molecule has 0 rings (SSSR count). The highest BCUT2D eigenvalue weighted by atomic mass is 16.4. The molecule has 0 aromatic rings. The second-order valence-corrected chi connectivity index (χ2v) is 4.25. The van der Waals surface area contributed by atoms with Crippen molar-refractivity contribution in [1.82, 2.24) is 0 Å². The van der Waals surface area contributed by atoms with Crippen LogP contribution in [-0.2, 0) is 4.79 Å². The van der Waals surface area contributed by atoms with Crippen molar-refractivity contribution in [2.24, 2.45) is 5.73 Å². The Labute approximate surface area is 93.0 Å². The lowest BCUT2D eigenvalue weighted by atomic mass is 10.0. The van der Waals surface area contributed by atoms with Gasteiger partial charge in [-0.3, -0.25) is 4.79 Å².